The summed E-state index contributed by atoms with van der Waals surface area (Å²) in [4.78, 5) is 12.9. The van der Waals surface area contributed by atoms with Gasteiger partial charge in [0.1, 0.15) is 5.75 Å². The Kier molecular flexibility index (Phi) is 6.09. The van der Waals surface area contributed by atoms with Gasteiger partial charge in [-0.05, 0) is 56.3 Å². The maximum absolute atomic E-state index is 12.9. The molecule has 0 fully saturated rings. The summed E-state index contributed by atoms with van der Waals surface area (Å²) in [6, 6.07) is 13.9. The number of hydrogen-bond donors (Lipinski definition) is 2. The van der Waals surface area contributed by atoms with Crippen LogP contribution in [0.5, 0.6) is 5.75 Å². The van der Waals surface area contributed by atoms with Crippen LogP contribution in [0.2, 0.25) is 5.02 Å². The average molecular weight is 448 g/mol. The van der Waals surface area contributed by atoms with Gasteiger partial charge in [-0.3, -0.25) is 9.52 Å². The lowest BCUT2D eigenvalue weighted by molar-refractivity contribution is 0.102. The molecule has 30 heavy (non-hydrogen) atoms. The quantitative estimate of drug-likeness (QED) is 0.586. The molecule has 3 aromatic rings. The first kappa shape index (κ1) is 21.7. The van der Waals surface area contributed by atoms with E-state index in [0.717, 1.165) is 23.3 Å². The summed E-state index contributed by atoms with van der Waals surface area (Å²) in [5.41, 5.74) is 3.90. The van der Waals surface area contributed by atoms with Crippen molar-refractivity contribution in [3.05, 3.63) is 70.5 Å². The van der Waals surface area contributed by atoms with Crippen molar-refractivity contribution in [2.75, 3.05) is 23.4 Å². The van der Waals surface area contributed by atoms with Gasteiger partial charge in [0.05, 0.1) is 24.6 Å². The highest BCUT2D eigenvalue weighted by Gasteiger charge is 2.18. The molecule has 0 aliphatic rings. The normalized spacial score (nSPS) is 11.2. The third kappa shape index (κ3) is 4.77. The van der Waals surface area contributed by atoms with Crippen LogP contribution in [-0.4, -0.2) is 32.3 Å². The predicted molar refractivity (Wildman–Crippen MR) is 120 cm³/mol. The fourth-order valence-corrected chi connectivity index (χ4v) is 3.93. The molecule has 0 saturated carbocycles. The molecule has 2 aromatic carbocycles. The van der Waals surface area contributed by atoms with E-state index in [2.05, 4.69) is 10.0 Å². The highest BCUT2D eigenvalue weighted by atomic mass is 35.5. The number of halogens is 1. The van der Waals surface area contributed by atoms with Gasteiger partial charge in [0.25, 0.3) is 5.91 Å². The van der Waals surface area contributed by atoms with Crippen molar-refractivity contribution in [1.82, 2.24) is 4.57 Å². The Morgan fingerprint density at radius 2 is 1.73 bits per heavy atom. The Morgan fingerprint density at radius 3 is 2.33 bits per heavy atom. The number of carbonyl (C=O) groups excluding carboxylic acids is 1. The van der Waals surface area contributed by atoms with Crippen molar-refractivity contribution in [3.63, 3.8) is 0 Å². The number of nitrogens with one attached hydrogen (secondary N) is 2. The molecule has 2 N–H and O–H groups in total. The molecular formula is C21H22ClN3O4S. The molecule has 9 heteroatoms. The Labute approximate surface area is 180 Å². The molecule has 158 valence electrons. The highest BCUT2D eigenvalue weighted by molar-refractivity contribution is 7.92. The minimum atomic E-state index is -3.45. The molecule has 1 heterocycles. The molecule has 0 atom stereocenters. The van der Waals surface area contributed by atoms with Crippen LogP contribution in [0.1, 0.15) is 21.7 Å². The first-order valence-corrected chi connectivity index (χ1v) is 11.3. The highest BCUT2D eigenvalue weighted by Crippen LogP contribution is 2.29. The average Bonchev–Trinajstić information content (AvgIpc) is 2.97. The molecule has 3 rings (SSSR count). The summed E-state index contributed by atoms with van der Waals surface area (Å²) in [5.74, 6) is 0.0130. The van der Waals surface area contributed by atoms with Crippen LogP contribution >= 0.6 is 11.6 Å². The summed E-state index contributed by atoms with van der Waals surface area (Å²) in [6.45, 7) is 3.79. The van der Waals surface area contributed by atoms with Crippen molar-refractivity contribution in [2.45, 2.75) is 13.8 Å². The lowest BCUT2D eigenvalue weighted by atomic mass is 10.2. The molecule has 0 aliphatic carbocycles. The smallest absolute Gasteiger partial charge is 0.257 e. The zero-order valence-electron chi connectivity index (χ0n) is 17.0. The van der Waals surface area contributed by atoms with Crippen LogP contribution in [-0.2, 0) is 10.0 Å². The number of amides is 1. The van der Waals surface area contributed by atoms with Gasteiger partial charge >= 0.3 is 0 Å². The minimum Gasteiger partial charge on any atom is -0.494 e. The first-order chi connectivity index (χ1) is 14.1. The van der Waals surface area contributed by atoms with E-state index in [1.807, 2.05) is 36.6 Å². The standard InChI is InChI=1S/C21H22ClN3O4S/c1-13-11-18(14(2)25(13)17-8-5-15(22)6-9-17)21(26)23-16-7-10-19(20(12-16)29-3)24-30(4,27)28/h5-12,24H,1-4H3,(H,23,26). The number of sulfonamides is 1. The first-order valence-electron chi connectivity index (χ1n) is 9.01. The second-order valence-electron chi connectivity index (χ2n) is 6.84. The van der Waals surface area contributed by atoms with E-state index in [1.165, 1.54) is 13.2 Å². The molecule has 0 bridgehead atoms. The number of hydrogen-bond acceptors (Lipinski definition) is 4. The second-order valence-corrected chi connectivity index (χ2v) is 9.02. The van der Waals surface area contributed by atoms with Crippen molar-refractivity contribution in [2.24, 2.45) is 0 Å². The molecule has 1 aromatic heterocycles. The second kappa shape index (κ2) is 8.41. The third-order valence-electron chi connectivity index (χ3n) is 4.52. The van der Waals surface area contributed by atoms with Gasteiger partial charge in [0, 0.05) is 33.9 Å². The largest absolute Gasteiger partial charge is 0.494 e. The number of nitrogens with zero attached hydrogens (tertiary/aromatic N) is 1. The number of rotatable bonds is 6. The van der Waals surface area contributed by atoms with Gasteiger partial charge in [0.2, 0.25) is 10.0 Å². The van der Waals surface area contributed by atoms with Crippen LogP contribution in [0, 0.1) is 13.8 Å². The van der Waals surface area contributed by atoms with E-state index < -0.39 is 10.0 Å². The summed E-state index contributed by atoms with van der Waals surface area (Å²) in [5, 5.41) is 3.48. The molecule has 0 radical (unpaired) electrons. The summed E-state index contributed by atoms with van der Waals surface area (Å²) >= 11 is 5.97. The van der Waals surface area contributed by atoms with Crippen molar-refractivity contribution < 1.29 is 17.9 Å². The summed E-state index contributed by atoms with van der Waals surface area (Å²) < 4.78 is 32.5. The molecule has 0 aliphatic heterocycles. The number of benzene rings is 2. The SMILES string of the molecule is COc1cc(NC(=O)c2cc(C)n(-c3ccc(Cl)cc3)c2C)ccc1NS(C)(=O)=O. The molecule has 7 nitrogen and oxygen atoms in total. The Hall–Kier alpha value is -2.97. The third-order valence-corrected chi connectivity index (χ3v) is 5.36. The van der Waals surface area contributed by atoms with Crippen molar-refractivity contribution >= 4 is 38.9 Å². The number of ether oxygens (including phenoxy) is 1. The summed E-state index contributed by atoms with van der Waals surface area (Å²) in [7, 11) is -2.03. The fraction of sp³-hybridized carbons (Fsp3) is 0.190. The zero-order valence-corrected chi connectivity index (χ0v) is 18.6. The minimum absolute atomic E-state index is 0.283. The van der Waals surface area contributed by atoms with Gasteiger partial charge in [-0.25, -0.2) is 8.42 Å². The lowest BCUT2D eigenvalue weighted by Crippen LogP contribution is -2.14. The van der Waals surface area contributed by atoms with E-state index in [0.29, 0.717) is 27.7 Å². The summed E-state index contributed by atoms with van der Waals surface area (Å²) in [6.07, 6.45) is 1.05. The van der Waals surface area contributed by atoms with E-state index in [-0.39, 0.29) is 5.91 Å². The molecule has 0 saturated heterocycles. The van der Waals surface area contributed by atoms with E-state index >= 15 is 0 Å². The molecule has 0 spiro atoms. The van der Waals surface area contributed by atoms with Crippen LogP contribution in [0.3, 0.4) is 0 Å². The number of aromatic nitrogens is 1. The van der Waals surface area contributed by atoms with Crippen molar-refractivity contribution in [3.8, 4) is 11.4 Å². The fourth-order valence-electron chi connectivity index (χ4n) is 3.23. The van der Waals surface area contributed by atoms with Crippen LogP contribution in [0.25, 0.3) is 5.69 Å². The molecule has 1 amide bonds. The van der Waals surface area contributed by atoms with Crippen LogP contribution < -0.4 is 14.8 Å². The molecular weight excluding hydrogens is 426 g/mol. The molecule has 0 unspecified atom stereocenters. The van der Waals surface area contributed by atoms with E-state index in [1.54, 1.807) is 24.3 Å². The Morgan fingerprint density at radius 1 is 1.07 bits per heavy atom. The number of carbonyl (C=O) groups is 1. The number of aryl methyl sites for hydroxylation is 1. The van der Waals surface area contributed by atoms with Gasteiger partial charge in [-0.15, -0.1) is 0 Å². The van der Waals surface area contributed by atoms with E-state index in [4.69, 9.17) is 16.3 Å². The maximum Gasteiger partial charge on any atom is 0.257 e. The topological polar surface area (TPSA) is 89.4 Å². The maximum atomic E-state index is 12.9. The Bertz CT molecular complexity index is 1200. The van der Waals surface area contributed by atoms with Crippen LogP contribution in [0.4, 0.5) is 11.4 Å². The predicted octanol–water partition coefficient (Wildman–Crippen LogP) is 4.38. The van der Waals surface area contributed by atoms with Gasteiger partial charge < -0.3 is 14.6 Å². The van der Waals surface area contributed by atoms with Crippen LogP contribution in [0.15, 0.2) is 48.5 Å². The van der Waals surface area contributed by atoms with Gasteiger partial charge in [-0.1, -0.05) is 11.6 Å². The number of anilines is 2. The Balaban J connectivity index is 1.88. The van der Waals surface area contributed by atoms with Crippen molar-refractivity contribution in [1.29, 1.82) is 0 Å². The van der Waals surface area contributed by atoms with Gasteiger partial charge in [-0.2, -0.15) is 0 Å². The number of methoxy groups -OCH3 is 1. The van der Waals surface area contributed by atoms with E-state index in [9.17, 15) is 13.2 Å². The zero-order chi connectivity index (χ0) is 22.1. The van der Waals surface area contributed by atoms with Gasteiger partial charge in [0.15, 0.2) is 0 Å². The monoisotopic (exact) mass is 447 g/mol. The lowest BCUT2D eigenvalue weighted by Gasteiger charge is -2.13.